The Bertz CT molecular complexity index is 851. The van der Waals surface area contributed by atoms with Crippen molar-refractivity contribution in [2.45, 2.75) is 44.8 Å². The maximum Gasteiger partial charge on any atom is 0.326 e. The minimum absolute atomic E-state index is 0.0653. The van der Waals surface area contributed by atoms with Gasteiger partial charge in [-0.15, -0.1) is 0 Å². The van der Waals surface area contributed by atoms with Crippen molar-refractivity contribution >= 4 is 17.8 Å². The minimum atomic E-state index is -1.16. The topological polar surface area (TPSA) is 170 Å². The normalized spacial score (nSPS) is 14.0. The lowest BCUT2D eigenvalue weighted by atomic mass is 10.0. The standard InChI is InChI=1S/C20H27N5O5/c1-11(2)17(20(29)30)25-19(28)16(7-12-3-5-14(26)6-4-12)24-18(27)15(21)8-13-9-22-10-23-13/h3-6,9-11,15-17,26H,7-8,21H2,1-2H3,(H,22,23)(H,24,27)(H,25,28)(H,29,30)/t15-,16-,17+/m1/s1. The van der Waals surface area contributed by atoms with E-state index in [-0.39, 0.29) is 24.5 Å². The highest BCUT2D eigenvalue weighted by molar-refractivity contribution is 5.92. The van der Waals surface area contributed by atoms with Crippen LogP contribution in [0.25, 0.3) is 0 Å². The van der Waals surface area contributed by atoms with Crippen molar-refractivity contribution in [1.82, 2.24) is 20.6 Å². The van der Waals surface area contributed by atoms with Crippen LogP contribution in [0.2, 0.25) is 0 Å². The van der Waals surface area contributed by atoms with Gasteiger partial charge in [-0.05, 0) is 23.6 Å². The third-order valence-corrected chi connectivity index (χ3v) is 4.56. The lowest BCUT2D eigenvalue weighted by Gasteiger charge is -2.24. The molecule has 10 nitrogen and oxygen atoms in total. The number of nitrogens with two attached hydrogens (primary N) is 1. The van der Waals surface area contributed by atoms with Crippen molar-refractivity contribution in [2.24, 2.45) is 11.7 Å². The van der Waals surface area contributed by atoms with E-state index < -0.39 is 35.9 Å². The van der Waals surface area contributed by atoms with E-state index >= 15 is 0 Å². The number of H-pyrrole nitrogens is 1. The zero-order chi connectivity index (χ0) is 22.3. The van der Waals surface area contributed by atoms with E-state index in [0.717, 1.165) is 0 Å². The van der Waals surface area contributed by atoms with Gasteiger partial charge in [-0.25, -0.2) is 9.78 Å². The maximum absolute atomic E-state index is 12.8. The summed E-state index contributed by atoms with van der Waals surface area (Å²) in [7, 11) is 0. The summed E-state index contributed by atoms with van der Waals surface area (Å²) in [5, 5.41) is 23.9. The SMILES string of the molecule is CC(C)[C@H](NC(=O)[C@@H](Cc1ccc(O)cc1)NC(=O)[C@H](N)Cc1c[nH]cn1)C(=O)O. The Balaban J connectivity index is 2.14. The first kappa shape index (κ1) is 22.9. The number of amides is 2. The molecule has 2 rings (SSSR count). The zero-order valence-corrected chi connectivity index (χ0v) is 16.8. The Morgan fingerprint density at radius 1 is 1.10 bits per heavy atom. The first-order valence-corrected chi connectivity index (χ1v) is 9.52. The molecule has 1 aromatic heterocycles. The van der Waals surface area contributed by atoms with E-state index in [1.165, 1.54) is 18.5 Å². The molecule has 0 aliphatic heterocycles. The highest BCUT2D eigenvalue weighted by Gasteiger charge is 2.29. The van der Waals surface area contributed by atoms with Gasteiger partial charge >= 0.3 is 5.97 Å². The van der Waals surface area contributed by atoms with Gasteiger partial charge in [0.05, 0.1) is 18.1 Å². The second kappa shape index (κ2) is 10.4. The molecule has 0 fully saturated rings. The summed E-state index contributed by atoms with van der Waals surface area (Å²) >= 11 is 0. The van der Waals surface area contributed by atoms with Crippen molar-refractivity contribution in [3.8, 4) is 5.75 Å². The van der Waals surface area contributed by atoms with Gasteiger partial charge in [-0.2, -0.15) is 0 Å². The molecule has 0 saturated carbocycles. The fraction of sp³-hybridized carbons (Fsp3) is 0.400. The lowest BCUT2D eigenvalue weighted by Crippen LogP contribution is -2.56. The van der Waals surface area contributed by atoms with Crippen LogP contribution in [0.15, 0.2) is 36.8 Å². The molecule has 1 heterocycles. The average molecular weight is 417 g/mol. The molecular weight excluding hydrogens is 390 g/mol. The molecule has 0 aliphatic carbocycles. The van der Waals surface area contributed by atoms with E-state index in [1.54, 1.807) is 32.2 Å². The molecular formula is C20H27N5O5. The second-order valence-electron chi connectivity index (χ2n) is 7.37. The number of hydrogen-bond acceptors (Lipinski definition) is 6. The van der Waals surface area contributed by atoms with Crippen molar-refractivity contribution in [2.75, 3.05) is 0 Å². The summed E-state index contributed by atoms with van der Waals surface area (Å²) in [4.78, 5) is 43.6. The third kappa shape index (κ3) is 6.59. The number of aromatic nitrogens is 2. The van der Waals surface area contributed by atoms with Crippen LogP contribution in [0.5, 0.6) is 5.75 Å². The number of hydrogen-bond donors (Lipinski definition) is 6. The van der Waals surface area contributed by atoms with Gasteiger partial charge in [0, 0.05) is 19.0 Å². The molecule has 162 valence electrons. The van der Waals surface area contributed by atoms with E-state index in [9.17, 15) is 24.6 Å². The number of nitrogens with zero attached hydrogens (tertiary/aromatic N) is 1. The molecule has 0 bridgehead atoms. The Kier molecular flexibility index (Phi) is 7.93. The molecule has 0 spiro atoms. The molecule has 10 heteroatoms. The van der Waals surface area contributed by atoms with Crippen molar-refractivity contribution in [1.29, 1.82) is 0 Å². The highest BCUT2D eigenvalue weighted by Crippen LogP contribution is 2.12. The molecule has 1 aromatic carbocycles. The molecule has 30 heavy (non-hydrogen) atoms. The van der Waals surface area contributed by atoms with Crippen LogP contribution in [0.1, 0.15) is 25.1 Å². The van der Waals surface area contributed by atoms with Crippen LogP contribution in [0, 0.1) is 5.92 Å². The van der Waals surface area contributed by atoms with Crippen LogP contribution in [-0.2, 0) is 27.2 Å². The van der Waals surface area contributed by atoms with Crippen molar-refractivity contribution in [3.63, 3.8) is 0 Å². The number of imidazole rings is 1. The van der Waals surface area contributed by atoms with Gasteiger partial charge in [-0.3, -0.25) is 9.59 Å². The largest absolute Gasteiger partial charge is 0.508 e. The fourth-order valence-electron chi connectivity index (χ4n) is 2.84. The number of phenols is 1. The quantitative estimate of drug-likeness (QED) is 0.314. The summed E-state index contributed by atoms with van der Waals surface area (Å²) in [6, 6.07) is 3.06. The predicted molar refractivity (Wildman–Crippen MR) is 108 cm³/mol. The maximum atomic E-state index is 12.8. The number of phenolic OH excluding ortho intramolecular Hbond substituents is 1. The average Bonchev–Trinajstić information content (AvgIpc) is 3.19. The minimum Gasteiger partial charge on any atom is -0.508 e. The zero-order valence-electron chi connectivity index (χ0n) is 16.8. The van der Waals surface area contributed by atoms with Gasteiger partial charge in [0.2, 0.25) is 11.8 Å². The molecule has 0 aliphatic rings. The van der Waals surface area contributed by atoms with Gasteiger partial charge in [0.1, 0.15) is 17.8 Å². The van der Waals surface area contributed by atoms with Crippen LogP contribution >= 0.6 is 0 Å². The highest BCUT2D eigenvalue weighted by atomic mass is 16.4. The fourth-order valence-corrected chi connectivity index (χ4v) is 2.84. The van der Waals surface area contributed by atoms with E-state index in [4.69, 9.17) is 5.73 Å². The third-order valence-electron chi connectivity index (χ3n) is 4.56. The number of carbonyl (C=O) groups is 3. The first-order chi connectivity index (χ1) is 14.2. The Morgan fingerprint density at radius 2 is 1.77 bits per heavy atom. The molecule has 2 amide bonds. The van der Waals surface area contributed by atoms with E-state index in [2.05, 4.69) is 20.6 Å². The van der Waals surface area contributed by atoms with Crippen molar-refractivity contribution in [3.05, 3.63) is 48.0 Å². The monoisotopic (exact) mass is 417 g/mol. The first-order valence-electron chi connectivity index (χ1n) is 9.52. The Morgan fingerprint density at radius 3 is 2.30 bits per heavy atom. The molecule has 7 N–H and O–H groups in total. The predicted octanol–water partition coefficient (Wildman–Crippen LogP) is -0.0620. The van der Waals surface area contributed by atoms with Gasteiger partial charge in [0.15, 0.2) is 0 Å². The number of carboxylic acids is 1. The molecule has 3 atom stereocenters. The molecule has 0 radical (unpaired) electrons. The van der Waals surface area contributed by atoms with Gasteiger partial charge in [-0.1, -0.05) is 26.0 Å². The van der Waals surface area contributed by atoms with Crippen LogP contribution in [-0.4, -0.2) is 56.1 Å². The smallest absolute Gasteiger partial charge is 0.326 e. The van der Waals surface area contributed by atoms with E-state index in [0.29, 0.717) is 11.3 Å². The van der Waals surface area contributed by atoms with Gasteiger partial charge in [0.25, 0.3) is 0 Å². The lowest BCUT2D eigenvalue weighted by molar-refractivity contribution is -0.143. The summed E-state index contributed by atoms with van der Waals surface area (Å²) in [5.41, 5.74) is 7.21. The van der Waals surface area contributed by atoms with Crippen molar-refractivity contribution < 1.29 is 24.6 Å². The van der Waals surface area contributed by atoms with E-state index in [1.807, 2.05) is 0 Å². The van der Waals surface area contributed by atoms with Crippen LogP contribution in [0.3, 0.4) is 0 Å². The Hall–Kier alpha value is -3.40. The Labute approximate surface area is 173 Å². The number of rotatable bonds is 10. The number of aromatic hydroxyl groups is 1. The number of aromatic amines is 1. The number of nitrogens with one attached hydrogen (secondary N) is 3. The number of aliphatic carboxylic acids is 1. The summed E-state index contributed by atoms with van der Waals surface area (Å²) < 4.78 is 0. The summed E-state index contributed by atoms with van der Waals surface area (Å²) in [6.07, 6.45) is 3.36. The number of benzene rings is 1. The summed E-state index contributed by atoms with van der Waals surface area (Å²) in [6.45, 7) is 3.35. The molecule has 0 saturated heterocycles. The molecule has 0 unspecified atom stereocenters. The number of carbonyl (C=O) groups excluding carboxylic acids is 2. The second-order valence-corrected chi connectivity index (χ2v) is 7.37. The van der Waals surface area contributed by atoms with Crippen LogP contribution in [0.4, 0.5) is 0 Å². The van der Waals surface area contributed by atoms with Gasteiger partial charge < -0.3 is 31.6 Å². The summed E-state index contributed by atoms with van der Waals surface area (Å²) in [5.74, 6) is -2.64. The van der Waals surface area contributed by atoms with Crippen LogP contribution < -0.4 is 16.4 Å². The number of carboxylic acid groups (broad SMARTS) is 1. The molecule has 2 aromatic rings.